The van der Waals surface area contributed by atoms with Gasteiger partial charge in [-0.2, -0.15) is 10.1 Å². The summed E-state index contributed by atoms with van der Waals surface area (Å²) in [5, 5.41) is 8.57. The molecule has 1 saturated carbocycles. The smallest absolute Gasteiger partial charge is 0.229 e. The van der Waals surface area contributed by atoms with Gasteiger partial charge in [0, 0.05) is 30.1 Å². The lowest BCUT2D eigenvalue weighted by Gasteiger charge is -2.19. The molecule has 2 heterocycles. The van der Waals surface area contributed by atoms with Crippen LogP contribution in [0.5, 0.6) is 0 Å². The molecule has 1 unspecified atom stereocenters. The fraction of sp³-hybridized carbons (Fsp3) is 0.643. The topological polar surface area (TPSA) is 82.8 Å². The molecule has 2 aromatic rings. The molecule has 2 aromatic heterocycles. The van der Waals surface area contributed by atoms with Crippen molar-refractivity contribution in [1.82, 2.24) is 19.9 Å². The molecule has 1 atom stereocenters. The minimum Gasteiger partial charge on any atom is -0.339 e. The van der Waals surface area contributed by atoms with Gasteiger partial charge in [-0.1, -0.05) is 25.9 Å². The number of aryl methyl sites for hydroxylation is 1. The van der Waals surface area contributed by atoms with Crippen LogP contribution in [-0.4, -0.2) is 19.9 Å². The van der Waals surface area contributed by atoms with Crippen LogP contribution in [0.1, 0.15) is 68.5 Å². The van der Waals surface area contributed by atoms with E-state index in [0.717, 1.165) is 30.0 Å². The van der Waals surface area contributed by atoms with Gasteiger partial charge in [-0.15, -0.1) is 0 Å². The molecule has 0 aliphatic heterocycles. The Labute approximate surface area is 118 Å². The van der Waals surface area contributed by atoms with Crippen molar-refractivity contribution in [3.8, 4) is 0 Å². The predicted octanol–water partition coefficient (Wildman–Crippen LogP) is 2.03. The van der Waals surface area contributed by atoms with Crippen LogP contribution in [0.4, 0.5) is 0 Å². The molecule has 6 nitrogen and oxygen atoms in total. The Morgan fingerprint density at radius 2 is 2.10 bits per heavy atom. The van der Waals surface area contributed by atoms with E-state index in [4.69, 9.17) is 10.3 Å². The first-order chi connectivity index (χ1) is 9.36. The number of rotatable bonds is 3. The molecular weight excluding hydrogens is 254 g/mol. The standard InChI is InChI=1S/C14H21N5O/c1-14(2,3)11-9(7-19(4)17-11)10(15)12-16-13(20-18-12)8-5-6-8/h7-8,10H,5-6,15H2,1-4H3. The van der Waals surface area contributed by atoms with Crippen LogP contribution in [0.3, 0.4) is 0 Å². The second-order valence-electron chi connectivity index (χ2n) is 6.60. The normalized spacial score (nSPS) is 17.4. The van der Waals surface area contributed by atoms with Gasteiger partial charge in [0.05, 0.1) is 11.7 Å². The zero-order valence-corrected chi connectivity index (χ0v) is 12.4. The van der Waals surface area contributed by atoms with Crippen molar-refractivity contribution in [1.29, 1.82) is 0 Å². The number of nitrogens with two attached hydrogens (primary N) is 1. The van der Waals surface area contributed by atoms with Crippen molar-refractivity contribution in [2.75, 3.05) is 0 Å². The molecule has 1 fully saturated rings. The Balaban J connectivity index is 1.94. The van der Waals surface area contributed by atoms with Crippen LogP contribution in [0, 0.1) is 0 Å². The molecule has 2 N–H and O–H groups in total. The van der Waals surface area contributed by atoms with Gasteiger partial charge in [0.25, 0.3) is 0 Å². The maximum absolute atomic E-state index is 6.32. The summed E-state index contributed by atoms with van der Waals surface area (Å²) < 4.78 is 7.08. The van der Waals surface area contributed by atoms with Crippen molar-refractivity contribution >= 4 is 0 Å². The fourth-order valence-electron chi connectivity index (χ4n) is 2.33. The molecule has 1 aliphatic carbocycles. The lowest BCUT2D eigenvalue weighted by Crippen LogP contribution is -2.21. The highest BCUT2D eigenvalue weighted by molar-refractivity contribution is 5.31. The highest BCUT2D eigenvalue weighted by Crippen LogP contribution is 2.39. The van der Waals surface area contributed by atoms with Crippen LogP contribution < -0.4 is 5.73 Å². The number of nitrogens with zero attached hydrogens (tertiary/aromatic N) is 4. The molecule has 0 saturated heterocycles. The molecule has 0 radical (unpaired) electrons. The van der Waals surface area contributed by atoms with Crippen molar-refractivity contribution in [2.24, 2.45) is 12.8 Å². The van der Waals surface area contributed by atoms with Crippen molar-refractivity contribution in [3.05, 3.63) is 29.2 Å². The van der Waals surface area contributed by atoms with Crippen LogP contribution in [-0.2, 0) is 12.5 Å². The Morgan fingerprint density at radius 1 is 1.40 bits per heavy atom. The Bertz CT molecular complexity index is 618. The van der Waals surface area contributed by atoms with Gasteiger partial charge in [0.2, 0.25) is 5.89 Å². The molecule has 0 bridgehead atoms. The molecule has 3 rings (SSSR count). The van der Waals surface area contributed by atoms with Gasteiger partial charge in [-0.3, -0.25) is 4.68 Å². The summed E-state index contributed by atoms with van der Waals surface area (Å²) in [5.74, 6) is 1.71. The molecule has 1 aliphatic rings. The predicted molar refractivity (Wildman–Crippen MR) is 74.2 cm³/mol. The quantitative estimate of drug-likeness (QED) is 0.926. The van der Waals surface area contributed by atoms with E-state index in [9.17, 15) is 0 Å². The number of aromatic nitrogens is 4. The van der Waals surface area contributed by atoms with E-state index in [-0.39, 0.29) is 5.41 Å². The minimum absolute atomic E-state index is 0.0722. The summed E-state index contributed by atoms with van der Waals surface area (Å²) in [6.45, 7) is 6.37. The third-order valence-electron chi connectivity index (χ3n) is 3.56. The lowest BCUT2D eigenvalue weighted by molar-refractivity contribution is 0.372. The van der Waals surface area contributed by atoms with Crippen LogP contribution in [0.15, 0.2) is 10.7 Å². The van der Waals surface area contributed by atoms with Crippen LogP contribution in [0.25, 0.3) is 0 Å². The molecule has 108 valence electrons. The second-order valence-corrected chi connectivity index (χ2v) is 6.60. The Hall–Kier alpha value is -1.69. The van der Waals surface area contributed by atoms with E-state index in [1.165, 1.54) is 0 Å². The van der Waals surface area contributed by atoms with Crippen LogP contribution in [0.2, 0.25) is 0 Å². The first kappa shape index (κ1) is 13.3. The molecule has 0 spiro atoms. The monoisotopic (exact) mass is 275 g/mol. The van der Waals surface area contributed by atoms with Crippen molar-refractivity contribution in [2.45, 2.75) is 51.0 Å². The zero-order valence-electron chi connectivity index (χ0n) is 12.4. The average molecular weight is 275 g/mol. The largest absolute Gasteiger partial charge is 0.339 e. The average Bonchev–Trinajstić information content (AvgIpc) is 2.95. The highest BCUT2D eigenvalue weighted by Gasteiger charge is 2.32. The van der Waals surface area contributed by atoms with Gasteiger partial charge in [-0.05, 0) is 12.8 Å². The molecule has 0 amide bonds. The van der Waals surface area contributed by atoms with E-state index in [0.29, 0.717) is 11.7 Å². The van der Waals surface area contributed by atoms with Gasteiger partial charge >= 0.3 is 0 Å². The molecular formula is C14H21N5O. The maximum Gasteiger partial charge on any atom is 0.229 e. The second kappa shape index (κ2) is 4.41. The summed E-state index contributed by atoms with van der Waals surface area (Å²) in [7, 11) is 1.90. The number of hydrogen-bond donors (Lipinski definition) is 1. The van der Waals surface area contributed by atoms with Gasteiger partial charge in [-0.25, -0.2) is 0 Å². The van der Waals surface area contributed by atoms with E-state index in [2.05, 4.69) is 36.0 Å². The zero-order chi connectivity index (χ0) is 14.5. The van der Waals surface area contributed by atoms with E-state index >= 15 is 0 Å². The third-order valence-corrected chi connectivity index (χ3v) is 3.56. The lowest BCUT2D eigenvalue weighted by atomic mass is 9.87. The first-order valence-corrected chi connectivity index (χ1v) is 6.99. The molecule has 6 heteroatoms. The first-order valence-electron chi connectivity index (χ1n) is 6.99. The van der Waals surface area contributed by atoms with E-state index < -0.39 is 6.04 Å². The summed E-state index contributed by atoms with van der Waals surface area (Å²) in [4.78, 5) is 4.44. The summed E-state index contributed by atoms with van der Waals surface area (Å²) in [5.41, 5.74) is 8.19. The summed E-state index contributed by atoms with van der Waals surface area (Å²) in [6, 6.07) is -0.394. The van der Waals surface area contributed by atoms with E-state index in [1.54, 1.807) is 4.68 Å². The van der Waals surface area contributed by atoms with Gasteiger partial charge < -0.3 is 10.3 Å². The third kappa shape index (κ3) is 2.35. The summed E-state index contributed by atoms with van der Waals surface area (Å²) in [6.07, 6.45) is 4.21. The van der Waals surface area contributed by atoms with E-state index in [1.807, 2.05) is 13.2 Å². The SMILES string of the molecule is Cn1cc(C(N)c2noc(C3CC3)n2)c(C(C)(C)C)n1. The molecule has 0 aromatic carbocycles. The van der Waals surface area contributed by atoms with Crippen molar-refractivity contribution < 1.29 is 4.52 Å². The highest BCUT2D eigenvalue weighted by atomic mass is 16.5. The van der Waals surface area contributed by atoms with Crippen LogP contribution >= 0.6 is 0 Å². The summed E-state index contributed by atoms with van der Waals surface area (Å²) >= 11 is 0. The minimum atomic E-state index is -0.394. The van der Waals surface area contributed by atoms with Crippen molar-refractivity contribution in [3.63, 3.8) is 0 Å². The number of hydrogen-bond acceptors (Lipinski definition) is 5. The van der Waals surface area contributed by atoms with Gasteiger partial charge in [0.15, 0.2) is 5.82 Å². The Kier molecular flexibility index (Phi) is 2.93. The van der Waals surface area contributed by atoms with Gasteiger partial charge in [0.1, 0.15) is 0 Å². The fourth-order valence-corrected chi connectivity index (χ4v) is 2.33. The molecule has 20 heavy (non-hydrogen) atoms. The Morgan fingerprint density at radius 3 is 2.70 bits per heavy atom. The maximum atomic E-state index is 6.32.